The number of hydrogen-bond acceptors (Lipinski definition) is 6. The van der Waals surface area contributed by atoms with Crippen molar-refractivity contribution in [3.05, 3.63) is 54.1 Å². The van der Waals surface area contributed by atoms with E-state index in [1.165, 1.54) is 24.7 Å². The van der Waals surface area contributed by atoms with Crippen molar-refractivity contribution in [2.75, 3.05) is 19.4 Å². The number of sulfonamides is 1. The van der Waals surface area contributed by atoms with Gasteiger partial charge in [0.15, 0.2) is 5.65 Å². The Bertz CT molecular complexity index is 934. The monoisotopic (exact) mass is 346 g/mol. The lowest BCUT2D eigenvalue weighted by Crippen LogP contribution is -2.23. The van der Waals surface area contributed by atoms with Gasteiger partial charge in [0.05, 0.1) is 18.1 Å². The molecule has 3 aromatic rings. The number of anilines is 1. The van der Waals surface area contributed by atoms with Crippen LogP contribution in [0.25, 0.3) is 5.65 Å². The van der Waals surface area contributed by atoms with Crippen LogP contribution in [0.2, 0.25) is 0 Å². The molecule has 1 N–H and O–H groups in total. The van der Waals surface area contributed by atoms with Crippen molar-refractivity contribution in [2.24, 2.45) is 0 Å². The summed E-state index contributed by atoms with van der Waals surface area (Å²) in [5, 5.41) is 7.38. The van der Waals surface area contributed by atoms with Crippen LogP contribution in [0, 0.1) is 0 Å². The van der Waals surface area contributed by atoms with Crippen LogP contribution in [0.5, 0.6) is 0 Å². The van der Waals surface area contributed by atoms with Gasteiger partial charge >= 0.3 is 0 Å². The minimum atomic E-state index is -3.25. The van der Waals surface area contributed by atoms with Crippen LogP contribution < -0.4 is 5.32 Å². The fourth-order valence-electron chi connectivity index (χ4n) is 2.16. The molecule has 0 unspecified atom stereocenters. The first kappa shape index (κ1) is 16.3. The molecule has 0 spiro atoms. The molecule has 1 aromatic carbocycles. The van der Waals surface area contributed by atoms with E-state index in [1.54, 1.807) is 16.9 Å². The number of fused-ring (bicyclic) bond motifs is 1. The van der Waals surface area contributed by atoms with Gasteiger partial charge in [-0.3, -0.25) is 4.98 Å². The highest BCUT2D eigenvalue weighted by molar-refractivity contribution is 7.88. The summed E-state index contributed by atoms with van der Waals surface area (Å²) in [4.78, 5) is 8.19. The minimum Gasteiger partial charge on any atom is -0.365 e. The van der Waals surface area contributed by atoms with E-state index in [4.69, 9.17) is 0 Å². The van der Waals surface area contributed by atoms with Crippen LogP contribution in [0.3, 0.4) is 0 Å². The third-order valence-corrected chi connectivity index (χ3v) is 5.40. The highest BCUT2D eigenvalue weighted by atomic mass is 32.2. The van der Waals surface area contributed by atoms with E-state index in [-0.39, 0.29) is 5.75 Å². The third kappa shape index (κ3) is 3.52. The molecule has 0 saturated carbocycles. The smallest absolute Gasteiger partial charge is 0.217 e. The van der Waals surface area contributed by atoms with Gasteiger partial charge in [-0.05, 0) is 11.1 Å². The molecule has 0 radical (unpaired) electrons. The first-order valence-electron chi connectivity index (χ1n) is 7.31. The van der Waals surface area contributed by atoms with Crippen molar-refractivity contribution in [1.82, 2.24) is 23.9 Å². The predicted molar refractivity (Wildman–Crippen MR) is 90.9 cm³/mol. The standard InChI is InChI=1S/C15H18N6O2S/c1-20(2)24(22,23)10-13-5-3-12(4-6-13)7-17-14-8-16-9-15-18-11-19-21(14)15/h3-6,8-9,11,17H,7,10H2,1-2H3. The molecule has 0 atom stereocenters. The molecule has 0 aliphatic rings. The Morgan fingerprint density at radius 1 is 1.12 bits per heavy atom. The van der Waals surface area contributed by atoms with Crippen molar-refractivity contribution >= 4 is 21.5 Å². The first-order chi connectivity index (χ1) is 11.5. The third-order valence-electron chi connectivity index (χ3n) is 3.59. The van der Waals surface area contributed by atoms with E-state index in [0.717, 1.165) is 16.9 Å². The fourth-order valence-corrected chi connectivity index (χ4v) is 3.03. The lowest BCUT2D eigenvalue weighted by atomic mass is 10.1. The molecule has 0 aliphatic carbocycles. The van der Waals surface area contributed by atoms with E-state index < -0.39 is 10.0 Å². The van der Waals surface area contributed by atoms with Crippen molar-refractivity contribution in [3.63, 3.8) is 0 Å². The lowest BCUT2D eigenvalue weighted by Gasteiger charge is -2.12. The maximum atomic E-state index is 11.9. The van der Waals surface area contributed by atoms with E-state index >= 15 is 0 Å². The number of rotatable bonds is 6. The van der Waals surface area contributed by atoms with Crippen molar-refractivity contribution in [1.29, 1.82) is 0 Å². The van der Waals surface area contributed by atoms with Gasteiger partial charge in [0.25, 0.3) is 0 Å². The molecule has 9 heteroatoms. The van der Waals surface area contributed by atoms with E-state index in [1.807, 2.05) is 24.3 Å². The summed E-state index contributed by atoms with van der Waals surface area (Å²) in [6, 6.07) is 7.46. The second kappa shape index (κ2) is 6.54. The largest absolute Gasteiger partial charge is 0.365 e. The molecule has 2 heterocycles. The second-order valence-corrected chi connectivity index (χ2v) is 7.71. The maximum Gasteiger partial charge on any atom is 0.217 e. The lowest BCUT2D eigenvalue weighted by molar-refractivity contribution is 0.519. The Labute approximate surface area is 140 Å². The van der Waals surface area contributed by atoms with Crippen LogP contribution in [-0.4, -0.2) is 46.4 Å². The molecular formula is C15H18N6O2S. The Morgan fingerprint density at radius 3 is 2.54 bits per heavy atom. The molecule has 24 heavy (non-hydrogen) atoms. The normalized spacial score (nSPS) is 12.0. The van der Waals surface area contributed by atoms with Crippen LogP contribution in [0.4, 0.5) is 5.82 Å². The molecule has 0 fully saturated rings. The zero-order valence-electron chi connectivity index (χ0n) is 13.4. The first-order valence-corrected chi connectivity index (χ1v) is 8.92. The molecule has 0 bridgehead atoms. The number of aromatic nitrogens is 4. The summed E-state index contributed by atoms with van der Waals surface area (Å²) in [6.07, 6.45) is 4.79. The molecular weight excluding hydrogens is 328 g/mol. The Morgan fingerprint density at radius 2 is 1.83 bits per heavy atom. The number of nitrogens with one attached hydrogen (secondary N) is 1. The molecule has 2 aromatic heterocycles. The summed E-state index contributed by atoms with van der Waals surface area (Å²) < 4.78 is 26.7. The van der Waals surface area contributed by atoms with Crippen LogP contribution in [-0.2, 0) is 22.3 Å². The predicted octanol–water partition coefficient (Wildman–Crippen LogP) is 1.13. The number of hydrogen-bond donors (Lipinski definition) is 1. The van der Waals surface area contributed by atoms with Crippen molar-refractivity contribution < 1.29 is 8.42 Å². The van der Waals surface area contributed by atoms with Crippen molar-refractivity contribution in [2.45, 2.75) is 12.3 Å². The van der Waals surface area contributed by atoms with Crippen LogP contribution in [0.15, 0.2) is 43.0 Å². The molecule has 8 nitrogen and oxygen atoms in total. The molecule has 0 saturated heterocycles. The number of nitrogens with zero attached hydrogens (tertiary/aromatic N) is 5. The van der Waals surface area contributed by atoms with Gasteiger partial charge in [0, 0.05) is 20.6 Å². The van der Waals surface area contributed by atoms with Gasteiger partial charge < -0.3 is 5.32 Å². The van der Waals surface area contributed by atoms with E-state index in [9.17, 15) is 8.42 Å². The van der Waals surface area contributed by atoms with Gasteiger partial charge in [-0.2, -0.15) is 9.61 Å². The number of benzene rings is 1. The maximum absolute atomic E-state index is 11.9. The van der Waals surface area contributed by atoms with E-state index in [2.05, 4.69) is 20.4 Å². The van der Waals surface area contributed by atoms with Gasteiger partial charge in [-0.15, -0.1) is 0 Å². The molecule has 126 valence electrons. The van der Waals surface area contributed by atoms with Crippen molar-refractivity contribution in [3.8, 4) is 0 Å². The highest BCUT2D eigenvalue weighted by Crippen LogP contribution is 2.12. The summed E-state index contributed by atoms with van der Waals surface area (Å²) in [6.45, 7) is 0.571. The van der Waals surface area contributed by atoms with Gasteiger partial charge in [0.1, 0.15) is 12.1 Å². The minimum absolute atomic E-state index is 0.00407. The topological polar surface area (TPSA) is 92.5 Å². The molecule has 0 aliphatic heterocycles. The quantitative estimate of drug-likeness (QED) is 0.719. The van der Waals surface area contributed by atoms with Crippen LogP contribution >= 0.6 is 0 Å². The molecule has 0 amide bonds. The summed E-state index contributed by atoms with van der Waals surface area (Å²) in [5.74, 6) is 0.736. The molecule has 3 rings (SSSR count). The zero-order valence-corrected chi connectivity index (χ0v) is 14.2. The average Bonchev–Trinajstić information content (AvgIpc) is 3.03. The Kier molecular flexibility index (Phi) is 4.45. The van der Waals surface area contributed by atoms with Gasteiger partial charge in [-0.25, -0.2) is 17.7 Å². The van der Waals surface area contributed by atoms with E-state index in [0.29, 0.717) is 12.2 Å². The highest BCUT2D eigenvalue weighted by Gasteiger charge is 2.14. The summed E-state index contributed by atoms with van der Waals surface area (Å²) >= 11 is 0. The fraction of sp³-hybridized carbons (Fsp3) is 0.267. The van der Waals surface area contributed by atoms with Gasteiger partial charge in [-0.1, -0.05) is 24.3 Å². The zero-order chi connectivity index (χ0) is 17.2. The average molecular weight is 346 g/mol. The van der Waals surface area contributed by atoms with Crippen LogP contribution in [0.1, 0.15) is 11.1 Å². The summed E-state index contributed by atoms with van der Waals surface area (Å²) in [7, 11) is -0.178. The Balaban J connectivity index is 1.68. The van der Waals surface area contributed by atoms with Gasteiger partial charge in [0.2, 0.25) is 10.0 Å². The Hall–Kier alpha value is -2.52. The summed E-state index contributed by atoms with van der Waals surface area (Å²) in [5.41, 5.74) is 2.45. The second-order valence-electron chi connectivity index (χ2n) is 5.53. The SMILES string of the molecule is CN(C)S(=O)(=O)Cc1ccc(CNc2cncc3ncnn23)cc1.